The number of rotatable bonds is 3. The lowest BCUT2D eigenvalue weighted by atomic mass is 10.0. The average Bonchev–Trinajstić information content (AvgIpc) is 2.28. The van der Waals surface area contributed by atoms with Crippen molar-refractivity contribution in [3.8, 4) is 11.5 Å². The van der Waals surface area contributed by atoms with Gasteiger partial charge in [-0.2, -0.15) is 0 Å². The number of fused-ring (bicyclic) bond motifs is 1. The molecule has 2 nitrogen and oxygen atoms in total. The Morgan fingerprint density at radius 2 is 1.88 bits per heavy atom. The summed E-state index contributed by atoms with van der Waals surface area (Å²) in [5.74, 6) is 2.38. The number of ether oxygens (including phenoxy) is 2. The molecule has 16 heavy (non-hydrogen) atoms. The molecular formula is C13H17BrO2. The van der Waals surface area contributed by atoms with Crippen molar-refractivity contribution in [2.45, 2.75) is 25.1 Å². The molecule has 1 unspecified atom stereocenters. The minimum Gasteiger partial charge on any atom is -0.486 e. The van der Waals surface area contributed by atoms with Crippen LogP contribution in [0.15, 0.2) is 18.2 Å². The van der Waals surface area contributed by atoms with E-state index in [9.17, 15) is 0 Å². The monoisotopic (exact) mass is 284 g/mol. The highest BCUT2D eigenvalue weighted by atomic mass is 79.9. The maximum absolute atomic E-state index is 5.57. The molecule has 0 aromatic heterocycles. The topological polar surface area (TPSA) is 18.5 Å². The first kappa shape index (κ1) is 11.8. The SMILES string of the molecule is CC(C)C(Br)Cc1ccc2c(c1)OCCO2. The van der Waals surface area contributed by atoms with Gasteiger partial charge in [-0.25, -0.2) is 0 Å². The molecule has 1 aromatic rings. The normalized spacial score (nSPS) is 16.2. The predicted octanol–water partition coefficient (Wildman–Crippen LogP) is 3.42. The largest absolute Gasteiger partial charge is 0.486 e. The Morgan fingerprint density at radius 1 is 1.19 bits per heavy atom. The van der Waals surface area contributed by atoms with E-state index in [1.54, 1.807) is 0 Å². The van der Waals surface area contributed by atoms with Crippen LogP contribution >= 0.6 is 15.9 Å². The van der Waals surface area contributed by atoms with Crippen molar-refractivity contribution >= 4 is 15.9 Å². The van der Waals surface area contributed by atoms with Crippen molar-refractivity contribution in [3.63, 3.8) is 0 Å². The van der Waals surface area contributed by atoms with Gasteiger partial charge >= 0.3 is 0 Å². The summed E-state index contributed by atoms with van der Waals surface area (Å²) in [5, 5.41) is 0. The summed E-state index contributed by atoms with van der Waals surface area (Å²) < 4.78 is 11.1. The molecule has 1 atom stereocenters. The summed E-state index contributed by atoms with van der Waals surface area (Å²) in [6.07, 6.45) is 1.02. The standard InChI is InChI=1S/C13H17BrO2/c1-9(2)11(14)7-10-3-4-12-13(8-10)16-6-5-15-12/h3-4,8-9,11H,5-7H2,1-2H3. The Bertz CT molecular complexity index is 363. The smallest absolute Gasteiger partial charge is 0.161 e. The van der Waals surface area contributed by atoms with Crippen LogP contribution in [0.1, 0.15) is 19.4 Å². The Morgan fingerprint density at radius 3 is 2.56 bits per heavy atom. The van der Waals surface area contributed by atoms with Gasteiger partial charge in [0.25, 0.3) is 0 Å². The first-order valence-electron chi connectivity index (χ1n) is 5.69. The number of alkyl halides is 1. The summed E-state index contributed by atoms with van der Waals surface area (Å²) >= 11 is 3.70. The van der Waals surface area contributed by atoms with Gasteiger partial charge in [0.2, 0.25) is 0 Å². The highest BCUT2D eigenvalue weighted by Crippen LogP contribution is 2.32. The number of hydrogen-bond acceptors (Lipinski definition) is 2. The molecular weight excluding hydrogens is 268 g/mol. The zero-order chi connectivity index (χ0) is 11.5. The summed E-state index contributed by atoms with van der Waals surface area (Å²) in [5.41, 5.74) is 1.29. The van der Waals surface area contributed by atoms with Crippen molar-refractivity contribution in [2.24, 2.45) is 5.92 Å². The van der Waals surface area contributed by atoms with Crippen LogP contribution in [0.25, 0.3) is 0 Å². The van der Waals surface area contributed by atoms with Crippen molar-refractivity contribution in [2.75, 3.05) is 13.2 Å². The van der Waals surface area contributed by atoms with E-state index in [1.807, 2.05) is 6.07 Å². The molecule has 0 fully saturated rings. The van der Waals surface area contributed by atoms with Crippen molar-refractivity contribution in [3.05, 3.63) is 23.8 Å². The molecule has 0 N–H and O–H groups in total. The molecule has 0 radical (unpaired) electrons. The van der Waals surface area contributed by atoms with Crippen LogP contribution < -0.4 is 9.47 Å². The fraction of sp³-hybridized carbons (Fsp3) is 0.538. The minimum absolute atomic E-state index is 0.509. The lowest BCUT2D eigenvalue weighted by Gasteiger charge is -2.20. The summed E-state index contributed by atoms with van der Waals surface area (Å²) in [7, 11) is 0. The van der Waals surface area contributed by atoms with Gasteiger partial charge in [0.05, 0.1) is 0 Å². The van der Waals surface area contributed by atoms with E-state index >= 15 is 0 Å². The molecule has 3 heteroatoms. The van der Waals surface area contributed by atoms with Crippen LogP contribution in [0.4, 0.5) is 0 Å². The maximum Gasteiger partial charge on any atom is 0.161 e. The molecule has 1 aliphatic heterocycles. The van der Waals surface area contributed by atoms with E-state index in [1.165, 1.54) is 5.56 Å². The molecule has 0 spiro atoms. The lowest BCUT2D eigenvalue weighted by Crippen LogP contribution is -2.16. The molecule has 2 rings (SSSR count). The van der Waals surface area contributed by atoms with Gasteiger partial charge in [-0.1, -0.05) is 35.8 Å². The molecule has 0 amide bonds. The number of benzene rings is 1. The summed E-state index contributed by atoms with van der Waals surface area (Å²) in [4.78, 5) is 0.509. The van der Waals surface area contributed by atoms with Crippen LogP contribution in [0.5, 0.6) is 11.5 Å². The lowest BCUT2D eigenvalue weighted by molar-refractivity contribution is 0.171. The zero-order valence-electron chi connectivity index (χ0n) is 9.70. The first-order valence-corrected chi connectivity index (χ1v) is 6.61. The van der Waals surface area contributed by atoms with Gasteiger partial charge in [-0.15, -0.1) is 0 Å². The van der Waals surface area contributed by atoms with Crippen LogP contribution in [0, 0.1) is 5.92 Å². The van der Waals surface area contributed by atoms with Gasteiger partial charge in [0, 0.05) is 4.83 Å². The van der Waals surface area contributed by atoms with Crippen LogP contribution in [-0.2, 0) is 6.42 Å². The third kappa shape index (κ3) is 2.70. The Balaban J connectivity index is 2.11. The fourth-order valence-electron chi connectivity index (χ4n) is 1.68. The second-order valence-electron chi connectivity index (χ2n) is 4.44. The molecule has 1 heterocycles. The molecule has 0 aliphatic carbocycles. The van der Waals surface area contributed by atoms with Gasteiger partial charge in [-0.3, -0.25) is 0 Å². The summed E-state index contributed by atoms with van der Waals surface area (Å²) in [6, 6.07) is 6.21. The van der Waals surface area contributed by atoms with Gasteiger partial charge in [-0.05, 0) is 30.0 Å². The Hall–Kier alpha value is -0.700. The van der Waals surface area contributed by atoms with Gasteiger partial charge < -0.3 is 9.47 Å². The molecule has 1 aromatic carbocycles. The van der Waals surface area contributed by atoms with Crippen LogP contribution in [0.2, 0.25) is 0 Å². The fourth-order valence-corrected chi connectivity index (χ4v) is 2.05. The van der Waals surface area contributed by atoms with Crippen molar-refractivity contribution < 1.29 is 9.47 Å². The first-order chi connectivity index (χ1) is 7.66. The van der Waals surface area contributed by atoms with E-state index in [0.717, 1.165) is 17.9 Å². The molecule has 1 aliphatic rings. The Labute approximate surface area is 105 Å². The highest BCUT2D eigenvalue weighted by molar-refractivity contribution is 9.09. The second-order valence-corrected chi connectivity index (χ2v) is 5.62. The minimum atomic E-state index is 0.509. The van der Waals surface area contributed by atoms with Crippen LogP contribution in [0.3, 0.4) is 0 Å². The third-order valence-corrected chi connectivity index (χ3v) is 4.14. The van der Waals surface area contributed by atoms with E-state index in [0.29, 0.717) is 24.0 Å². The van der Waals surface area contributed by atoms with Gasteiger partial charge in [0.1, 0.15) is 13.2 Å². The average molecular weight is 285 g/mol. The van der Waals surface area contributed by atoms with E-state index in [2.05, 4.69) is 41.9 Å². The quantitative estimate of drug-likeness (QED) is 0.792. The van der Waals surface area contributed by atoms with Crippen LogP contribution in [-0.4, -0.2) is 18.0 Å². The molecule has 0 saturated carbocycles. The molecule has 88 valence electrons. The predicted molar refractivity (Wildman–Crippen MR) is 68.7 cm³/mol. The van der Waals surface area contributed by atoms with E-state index in [4.69, 9.17) is 9.47 Å². The molecule has 0 bridgehead atoms. The number of halogens is 1. The van der Waals surface area contributed by atoms with Crippen molar-refractivity contribution in [1.82, 2.24) is 0 Å². The van der Waals surface area contributed by atoms with Gasteiger partial charge in [0.15, 0.2) is 11.5 Å². The molecule has 0 saturated heterocycles. The summed E-state index contributed by atoms with van der Waals surface area (Å²) in [6.45, 7) is 5.74. The number of hydrogen-bond donors (Lipinski definition) is 0. The zero-order valence-corrected chi connectivity index (χ0v) is 11.3. The van der Waals surface area contributed by atoms with E-state index < -0.39 is 0 Å². The maximum atomic E-state index is 5.57. The highest BCUT2D eigenvalue weighted by Gasteiger charge is 2.14. The second kappa shape index (κ2) is 5.09. The Kier molecular flexibility index (Phi) is 3.74. The van der Waals surface area contributed by atoms with Crippen molar-refractivity contribution in [1.29, 1.82) is 0 Å². The third-order valence-electron chi connectivity index (χ3n) is 2.76. The van der Waals surface area contributed by atoms with E-state index in [-0.39, 0.29) is 0 Å².